The highest BCUT2D eigenvalue weighted by molar-refractivity contribution is 5.98. The lowest BCUT2D eigenvalue weighted by Crippen LogP contribution is -2.07. The average Bonchev–Trinajstić information content (AvgIpc) is 1.91. The van der Waals surface area contributed by atoms with Gasteiger partial charge >= 0.3 is 23.9 Å². The molecule has 12 rings (SSSR count). The van der Waals surface area contributed by atoms with Crippen LogP contribution in [0.5, 0.6) is 5.75 Å². The number of nitrogens with zero attached hydrogens (tertiary/aromatic N) is 3. The van der Waals surface area contributed by atoms with Gasteiger partial charge in [0.2, 0.25) is 0 Å². The van der Waals surface area contributed by atoms with E-state index in [-0.39, 0.29) is 12.2 Å². The van der Waals surface area contributed by atoms with Crippen molar-refractivity contribution in [1.29, 1.82) is 0 Å². The Morgan fingerprint density at radius 1 is 0.467 bits per heavy atom. The number of rotatable bonds is 19. The Morgan fingerprint density at radius 3 is 1.59 bits per heavy atom. The molecule has 0 bridgehead atoms. The largest absolute Gasteiger partial charge is 0.497 e. The maximum absolute atomic E-state index is 11.9. The maximum atomic E-state index is 11.9. The second-order valence-electron chi connectivity index (χ2n) is 21.0. The van der Waals surface area contributed by atoms with Crippen LogP contribution in [0.1, 0.15) is 50.1 Å². The molecular formula is C75H67N7O10. The standard InChI is InChI=1S/C20H18N2O3.C19H18N2O3.C18H16N2O2.C18H15NO2/c21-25-20(24)9-7-18(23)13-16-6-8-19-17(12-16)10-11-22(19)14-15-4-2-1-3-5-15;1-23-17-8-5-14(6-9-17)13-21-12-11-16-4-2-3-15(19(16)21)7-10-18(22)24-20;19-22-17(21)10-9-14-7-4-8-16-15(12-20-18(14)16)11-13-5-2-1-3-6-13;20-18(21)9-7-14-6-8-17-16(12-14)10-11-19(17)13-15-4-2-1-3-5-15/h1-12H,13-14,21H2;2-12H,13,20H2,1H3;1-10,12,20H,11,19H2;1-12H,13H2,(H,20,21)/b9-7+;10-7+;10-9+;9-7+. The van der Waals surface area contributed by atoms with E-state index in [0.717, 1.165) is 115 Å². The van der Waals surface area contributed by atoms with Crippen LogP contribution in [0.25, 0.3) is 61.8 Å². The number of aromatic nitrogens is 4. The Balaban J connectivity index is 0.000000145. The minimum absolute atomic E-state index is 0.187. The van der Waals surface area contributed by atoms with Crippen molar-refractivity contribution in [2.24, 2.45) is 17.7 Å². The Kier molecular flexibility index (Phi) is 22.7. The van der Waals surface area contributed by atoms with Gasteiger partial charge in [-0.05, 0) is 141 Å². The first-order valence-electron chi connectivity index (χ1n) is 29.1. The monoisotopic (exact) mass is 1230 g/mol. The summed E-state index contributed by atoms with van der Waals surface area (Å²) in [5, 5.41) is 13.1. The summed E-state index contributed by atoms with van der Waals surface area (Å²) < 4.78 is 11.7. The lowest BCUT2D eigenvalue weighted by Gasteiger charge is -2.09. The number of methoxy groups -OCH3 is 1. The molecule has 4 aromatic heterocycles. The summed E-state index contributed by atoms with van der Waals surface area (Å²) in [6.07, 6.45) is 20.2. The molecule has 92 heavy (non-hydrogen) atoms. The molecular weight excluding hydrogens is 1160 g/mol. The van der Waals surface area contributed by atoms with Crippen molar-refractivity contribution in [2.75, 3.05) is 7.11 Å². The molecule has 0 aliphatic rings. The first-order valence-corrected chi connectivity index (χ1v) is 29.1. The number of ether oxygens (including phenoxy) is 1. The van der Waals surface area contributed by atoms with Crippen LogP contribution >= 0.6 is 0 Å². The zero-order valence-electron chi connectivity index (χ0n) is 50.3. The van der Waals surface area contributed by atoms with E-state index in [9.17, 15) is 24.0 Å². The third kappa shape index (κ3) is 18.1. The molecule has 0 fully saturated rings. The van der Waals surface area contributed by atoms with Crippen molar-refractivity contribution >= 4 is 91.5 Å². The Bertz CT molecular complexity index is 4600. The second-order valence-corrected chi connectivity index (χ2v) is 21.0. The summed E-state index contributed by atoms with van der Waals surface area (Å²) in [6, 6.07) is 68.8. The van der Waals surface area contributed by atoms with Gasteiger partial charge in [-0.25, -0.2) is 19.2 Å². The minimum atomic E-state index is -0.934. The molecule has 12 aromatic rings. The number of nitrogens with one attached hydrogen (secondary N) is 1. The van der Waals surface area contributed by atoms with Crippen molar-refractivity contribution in [3.05, 3.63) is 311 Å². The summed E-state index contributed by atoms with van der Waals surface area (Å²) >= 11 is 0. The van der Waals surface area contributed by atoms with Crippen LogP contribution in [0, 0.1) is 0 Å². The third-order valence-electron chi connectivity index (χ3n) is 14.8. The molecule has 0 aliphatic carbocycles. The molecule has 0 aliphatic heterocycles. The number of benzene rings is 8. The predicted molar refractivity (Wildman–Crippen MR) is 360 cm³/mol. The number of fused-ring (bicyclic) bond motifs is 4. The van der Waals surface area contributed by atoms with Crippen LogP contribution in [0.2, 0.25) is 0 Å². The Hall–Kier alpha value is -11.9. The summed E-state index contributed by atoms with van der Waals surface area (Å²) in [6.45, 7) is 2.35. The Morgan fingerprint density at radius 2 is 0.978 bits per heavy atom. The van der Waals surface area contributed by atoms with E-state index in [1.807, 2.05) is 170 Å². The van der Waals surface area contributed by atoms with Crippen LogP contribution in [0.15, 0.2) is 261 Å². The number of H-pyrrole nitrogens is 1. The molecule has 0 spiro atoms. The number of hydrogen-bond acceptors (Lipinski definition) is 12. The molecule has 462 valence electrons. The smallest absolute Gasteiger partial charge is 0.349 e. The fraction of sp³-hybridized carbons (Fsp3) is 0.0800. The number of carboxylic acids is 1. The van der Waals surface area contributed by atoms with Gasteiger partial charge in [0.25, 0.3) is 0 Å². The van der Waals surface area contributed by atoms with Gasteiger partial charge in [-0.3, -0.25) is 4.79 Å². The van der Waals surface area contributed by atoms with Gasteiger partial charge in [0.05, 0.1) is 18.1 Å². The fourth-order valence-electron chi connectivity index (χ4n) is 10.4. The van der Waals surface area contributed by atoms with Crippen LogP contribution in [0.4, 0.5) is 0 Å². The van der Waals surface area contributed by atoms with Crippen molar-refractivity contribution in [3.8, 4) is 5.75 Å². The van der Waals surface area contributed by atoms with Crippen LogP contribution < -0.4 is 22.4 Å². The molecule has 17 heteroatoms. The quantitative estimate of drug-likeness (QED) is 0.0374. The van der Waals surface area contributed by atoms with E-state index in [2.05, 4.69) is 94.0 Å². The lowest BCUT2D eigenvalue weighted by molar-refractivity contribution is -0.139. The molecule has 0 saturated heterocycles. The number of para-hydroxylation sites is 2. The number of aliphatic carboxylic acids is 1. The van der Waals surface area contributed by atoms with Crippen molar-refractivity contribution in [1.82, 2.24) is 18.7 Å². The number of carboxylic acid groups (broad SMARTS) is 1. The fourth-order valence-corrected chi connectivity index (χ4v) is 10.4. The van der Waals surface area contributed by atoms with Crippen LogP contribution in [0.3, 0.4) is 0 Å². The topological polar surface area (TPSA) is 251 Å². The van der Waals surface area contributed by atoms with Crippen molar-refractivity contribution in [2.45, 2.75) is 32.5 Å². The van der Waals surface area contributed by atoms with Gasteiger partial charge in [-0.15, -0.1) is 0 Å². The van der Waals surface area contributed by atoms with E-state index in [1.165, 1.54) is 40.5 Å². The first kappa shape index (κ1) is 64.6. The molecule has 17 nitrogen and oxygen atoms in total. The molecule has 8 aromatic carbocycles. The van der Waals surface area contributed by atoms with Gasteiger partial charge in [-0.1, -0.05) is 152 Å². The van der Waals surface area contributed by atoms with E-state index >= 15 is 0 Å². The number of aromatic amines is 1. The second kappa shape index (κ2) is 32.4. The van der Waals surface area contributed by atoms with Gasteiger partial charge < -0.3 is 43.0 Å². The average molecular weight is 1230 g/mol. The summed E-state index contributed by atoms with van der Waals surface area (Å²) in [7, 11) is 1.65. The number of carbonyl (C=O) groups excluding carboxylic acids is 4. The molecule has 0 atom stereocenters. The van der Waals surface area contributed by atoms with Gasteiger partial charge in [0.1, 0.15) is 5.75 Å². The normalized spacial score (nSPS) is 11.1. The van der Waals surface area contributed by atoms with Gasteiger partial charge in [-0.2, -0.15) is 17.7 Å². The Labute approximate surface area is 530 Å². The zero-order chi connectivity index (χ0) is 64.6. The number of hydrogen-bond donors (Lipinski definition) is 5. The summed E-state index contributed by atoms with van der Waals surface area (Å²) in [4.78, 5) is 71.3. The van der Waals surface area contributed by atoms with E-state index in [4.69, 9.17) is 27.5 Å². The molecule has 0 unspecified atom stereocenters. The number of carbonyl (C=O) groups is 5. The number of allylic oxidation sites excluding steroid dienone is 1. The highest BCUT2D eigenvalue weighted by atomic mass is 16.7. The first-order chi connectivity index (χ1) is 44.9. The van der Waals surface area contributed by atoms with E-state index < -0.39 is 23.9 Å². The zero-order valence-corrected chi connectivity index (χ0v) is 50.3. The summed E-state index contributed by atoms with van der Waals surface area (Å²) in [5.41, 5.74) is 14.1. The van der Waals surface area contributed by atoms with Crippen LogP contribution in [-0.2, 0) is 71.0 Å². The van der Waals surface area contributed by atoms with E-state index in [1.54, 1.807) is 25.3 Å². The highest BCUT2D eigenvalue weighted by Gasteiger charge is 2.11. The SMILES string of the molecule is COc1ccc(Cn2ccc3cccc(/C=C/C(=O)ON)c32)cc1.NOC(=O)/C=C/C(=O)Cc1ccc2c(ccn2Cc2ccccc2)c1.NOC(=O)/C=C/c1cccc2c(Cc3ccccc3)c[nH]c12.O=C(O)/C=C/c1ccc2c(ccn2Cc2ccccc2)c1. The number of ketones is 1. The van der Waals surface area contributed by atoms with Crippen LogP contribution in [-0.4, -0.2) is 60.6 Å². The third-order valence-corrected chi connectivity index (χ3v) is 14.8. The maximum Gasteiger partial charge on any atom is 0.349 e. The number of nitrogens with two attached hydrogens (primary N) is 3. The van der Waals surface area contributed by atoms with Gasteiger partial charge in [0, 0.05) is 102 Å². The molecule has 8 N–H and O–H groups in total. The molecule has 4 heterocycles. The molecule has 0 radical (unpaired) electrons. The highest BCUT2D eigenvalue weighted by Crippen LogP contribution is 2.27. The summed E-state index contributed by atoms with van der Waals surface area (Å²) in [5.74, 6) is 12.2. The van der Waals surface area contributed by atoms with Gasteiger partial charge in [0.15, 0.2) is 5.78 Å². The van der Waals surface area contributed by atoms with Crippen molar-refractivity contribution in [3.63, 3.8) is 0 Å². The van der Waals surface area contributed by atoms with E-state index in [0.29, 0.717) is 0 Å². The predicted octanol–water partition coefficient (Wildman–Crippen LogP) is 12.9. The lowest BCUT2D eigenvalue weighted by atomic mass is 10.0. The van der Waals surface area contributed by atoms with Crippen molar-refractivity contribution < 1.29 is 48.3 Å². The molecule has 0 amide bonds. The molecule has 0 saturated carbocycles. The minimum Gasteiger partial charge on any atom is -0.497 e.